The number of hydrogen-bond donors (Lipinski definition) is 4. The van der Waals surface area contributed by atoms with Crippen molar-refractivity contribution in [2.75, 3.05) is 13.1 Å². The van der Waals surface area contributed by atoms with Crippen molar-refractivity contribution in [1.82, 2.24) is 0 Å². The first-order valence-corrected chi connectivity index (χ1v) is 5.45. The Bertz CT molecular complexity index is 94.8. The zero-order chi connectivity index (χ0) is 11.4. The Balaban J connectivity index is 0. The Hall–Kier alpha value is -0.160. The molecule has 0 spiro atoms. The van der Waals surface area contributed by atoms with Gasteiger partial charge in [-0.3, -0.25) is 0 Å². The highest BCUT2D eigenvalue weighted by Crippen LogP contribution is 2.02. The molecule has 0 amide bonds. The lowest BCUT2D eigenvalue weighted by molar-refractivity contribution is 0.432. The Kier molecular flexibility index (Phi) is 12.7. The smallest absolute Gasteiger partial charge is 0.0607 e. The highest BCUT2D eigenvalue weighted by Gasteiger charge is 2.07. The first kappa shape index (κ1) is 16.3. The van der Waals surface area contributed by atoms with Gasteiger partial charge in [0.05, 0.1) is 5.66 Å². The molecule has 0 heterocycles. The highest BCUT2D eigenvalue weighted by molar-refractivity contribution is 4.68. The molecule has 0 radical (unpaired) electrons. The van der Waals surface area contributed by atoms with E-state index < -0.39 is 5.66 Å². The highest BCUT2D eigenvalue weighted by atomic mass is 14.9. The van der Waals surface area contributed by atoms with E-state index in [4.69, 9.17) is 22.9 Å². The molecule has 0 aromatic rings. The molecule has 4 heteroatoms. The van der Waals surface area contributed by atoms with Crippen LogP contribution in [0, 0.1) is 0 Å². The molecule has 14 heavy (non-hydrogen) atoms. The Morgan fingerprint density at radius 1 is 0.929 bits per heavy atom. The lowest BCUT2D eigenvalue weighted by Crippen LogP contribution is -2.45. The molecule has 0 aromatic carbocycles. The predicted molar refractivity (Wildman–Crippen MR) is 63.6 cm³/mol. The van der Waals surface area contributed by atoms with Crippen molar-refractivity contribution in [1.29, 1.82) is 0 Å². The standard InChI is InChI=1S/C6H16N2.C4H12N2/c1-3-4-5-6(2,7)8;5-3-1-2-4-6/h3-5,7-8H2,1-2H3;1-6H2. The molecule has 8 N–H and O–H groups in total. The normalized spacial score (nSPS) is 10.7. The average molecular weight is 204 g/mol. The maximum absolute atomic E-state index is 5.50. The Labute approximate surface area is 88.4 Å². The van der Waals surface area contributed by atoms with Gasteiger partial charge in [0.15, 0.2) is 0 Å². The van der Waals surface area contributed by atoms with E-state index in [0.717, 1.165) is 38.8 Å². The lowest BCUT2D eigenvalue weighted by atomic mass is 10.1. The summed E-state index contributed by atoms with van der Waals surface area (Å²) in [5.74, 6) is 0. The van der Waals surface area contributed by atoms with Gasteiger partial charge in [0, 0.05) is 0 Å². The summed E-state index contributed by atoms with van der Waals surface area (Å²) in [6.45, 7) is 5.53. The van der Waals surface area contributed by atoms with Crippen molar-refractivity contribution in [2.24, 2.45) is 22.9 Å². The quantitative estimate of drug-likeness (QED) is 0.373. The number of unbranched alkanes of at least 4 members (excludes halogenated alkanes) is 2. The van der Waals surface area contributed by atoms with Gasteiger partial charge < -0.3 is 22.9 Å². The molecule has 0 fully saturated rings. The Morgan fingerprint density at radius 3 is 1.50 bits per heavy atom. The summed E-state index contributed by atoms with van der Waals surface area (Å²) in [4.78, 5) is 0. The van der Waals surface area contributed by atoms with Crippen LogP contribution in [0.3, 0.4) is 0 Å². The minimum absolute atomic E-state index is 0.448. The topological polar surface area (TPSA) is 104 Å². The first-order valence-electron chi connectivity index (χ1n) is 5.45. The molecule has 4 nitrogen and oxygen atoms in total. The van der Waals surface area contributed by atoms with Gasteiger partial charge in [-0.05, 0) is 39.3 Å². The van der Waals surface area contributed by atoms with E-state index in [9.17, 15) is 0 Å². The molecule has 88 valence electrons. The van der Waals surface area contributed by atoms with Gasteiger partial charge in [-0.2, -0.15) is 0 Å². The van der Waals surface area contributed by atoms with Crippen molar-refractivity contribution in [3.8, 4) is 0 Å². The molecule has 0 aromatic heterocycles. The van der Waals surface area contributed by atoms with Crippen molar-refractivity contribution in [3.05, 3.63) is 0 Å². The van der Waals surface area contributed by atoms with Gasteiger partial charge in [0.25, 0.3) is 0 Å². The summed E-state index contributed by atoms with van der Waals surface area (Å²) in [5.41, 5.74) is 20.9. The van der Waals surface area contributed by atoms with Gasteiger partial charge in [-0.25, -0.2) is 0 Å². The van der Waals surface area contributed by atoms with Crippen LogP contribution in [-0.4, -0.2) is 18.8 Å². The van der Waals surface area contributed by atoms with Crippen LogP contribution >= 0.6 is 0 Å². The van der Waals surface area contributed by atoms with Crippen molar-refractivity contribution < 1.29 is 0 Å². The van der Waals surface area contributed by atoms with E-state index in [0.29, 0.717) is 0 Å². The second-order valence-corrected chi connectivity index (χ2v) is 3.89. The van der Waals surface area contributed by atoms with Gasteiger partial charge in [0.1, 0.15) is 0 Å². The molecule has 0 unspecified atom stereocenters. The summed E-state index contributed by atoms with van der Waals surface area (Å²) in [6.07, 6.45) is 5.35. The summed E-state index contributed by atoms with van der Waals surface area (Å²) in [7, 11) is 0. The third-order valence-corrected chi connectivity index (χ3v) is 1.73. The second kappa shape index (κ2) is 10.9. The minimum atomic E-state index is -0.448. The van der Waals surface area contributed by atoms with Crippen LogP contribution in [0.25, 0.3) is 0 Å². The lowest BCUT2D eigenvalue weighted by Gasteiger charge is -2.16. The molecule has 0 saturated heterocycles. The van der Waals surface area contributed by atoms with Crippen LogP contribution in [0.5, 0.6) is 0 Å². The second-order valence-electron chi connectivity index (χ2n) is 3.89. The number of hydrogen-bond acceptors (Lipinski definition) is 4. The summed E-state index contributed by atoms with van der Waals surface area (Å²) in [5, 5.41) is 0. The zero-order valence-corrected chi connectivity index (χ0v) is 9.76. The fourth-order valence-corrected chi connectivity index (χ4v) is 0.846. The monoisotopic (exact) mass is 204 g/mol. The molecular formula is C10H28N4. The molecule has 0 saturated carbocycles. The fraction of sp³-hybridized carbons (Fsp3) is 1.00. The van der Waals surface area contributed by atoms with Crippen LogP contribution in [0.1, 0.15) is 46.0 Å². The van der Waals surface area contributed by atoms with Crippen LogP contribution in [0.4, 0.5) is 0 Å². The Morgan fingerprint density at radius 2 is 1.36 bits per heavy atom. The summed E-state index contributed by atoms with van der Waals surface area (Å²) in [6, 6.07) is 0. The van der Waals surface area contributed by atoms with E-state index in [1.54, 1.807) is 0 Å². The average Bonchev–Trinajstić information content (AvgIpc) is 2.11. The van der Waals surface area contributed by atoms with Crippen LogP contribution in [-0.2, 0) is 0 Å². The molecule has 0 bridgehead atoms. The van der Waals surface area contributed by atoms with Crippen LogP contribution in [0.15, 0.2) is 0 Å². The zero-order valence-electron chi connectivity index (χ0n) is 9.76. The largest absolute Gasteiger partial charge is 0.330 e. The van der Waals surface area contributed by atoms with Gasteiger partial charge in [-0.15, -0.1) is 0 Å². The van der Waals surface area contributed by atoms with Gasteiger partial charge in [-0.1, -0.05) is 19.8 Å². The van der Waals surface area contributed by atoms with Crippen molar-refractivity contribution >= 4 is 0 Å². The maximum Gasteiger partial charge on any atom is 0.0607 e. The van der Waals surface area contributed by atoms with Crippen molar-refractivity contribution in [2.45, 2.75) is 51.6 Å². The maximum atomic E-state index is 5.50. The number of rotatable bonds is 6. The van der Waals surface area contributed by atoms with Crippen molar-refractivity contribution in [3.63, 3.8) is 0 Å². The van der Waals surface area contributed by atoms with Crippen LogP contribution in [0.2, 0.25) is 0 Å². The van der Waals surface area contributed by atoms with E-state index >= 15 is 0 Å². The van der Waals surface area contributed by atoms with Crippen LogP contribution < -0.4 is 22.9 Å². The third-order valence-electron chi connectivity index (χ3n) is 1.73. The molecule has 0 aliphatic heterocycles. The van der Waals surface area contributed by atoms with Gasteiger partial charge in [0.2, 0.25) is 0 Å². The SMILES string of the molecule is CCCCC(C)(N)N.NCCCCN. The minimum Gasteiger partial charge on any atom is -0.330 e. The fourth-order valence-electron chi connectivity index (χ4n) is 0.846. The molecule has 0 rings (SSSR count). The van der Waals surface area contributed by atoms with Gasteiger partial charge >= 0.3 is 0 Å². The van der Waals surface area contributed by atoms with E-state index in [1.165, 1.54) is 6.42 Å². The molecule has 0 aliphatic rings. The number of nitrogens with two attached hydrogens (primary N) is 4. The third kappa shape index (κ3) is 22.6. The van der Waals surface area contributed by atoms with E-state index in [2.05, 4.69) is 6.92 Å². The summed E-state index contributed by atoms with van der Waals surface area (Å²) < 4.78 is 0. The predicted octanol–water partition coefficient (Wildman–Crippen LogP) is 0.494. The first-order chi connectivity index (χ1) is 6.47. The molecular weight excluding hydrogens is 176 g/mol. The summed E-state index contributed by atoms with van der Waals surface area (Å²) >= 11 is 0. The van der Waals surface area contributed by atoms with E-state index in [-0.39, 0.29) is 0 Å². The van der Waals surface area contributed by atoms with E-state index in [1.807, 2.05) is 6.92 Å². The molecule has 0 aliphatic carbocycles. The molecule has 0 atom stereocenters.